The van der Waals surface area contributed by atoms with Crippen LogP contribution in [0.3, 0.4) is 0 Å². The third kappa shape index (κ3) is 4.97. The lowest BCUT2D eigenvalue weighted by Gasteiger charge is -2.27. The van der Waals surface area contributed by atoms with E-state index < -0.39 is 18.9 Å². The molecule has 0 aromatic heterocycles. The summed E-state index contributed by atoms with van der Waals surface area (Å²) in [6.07, 6.45) is 0. The monoisotopic (exact) mass is 409 g/mol. The first-order valence-electron chi connectivity index (χ1n) is 9.55. The Balaban J connectivity index is 2.06. The maximum Gasteiger partial charge on any atom is 0.0975 e. The summed E-state index contributed by atoms with van der Waals surface area (Å²) in [6, 6.07) is 29.9. The van der Waals surface area contributed by atoms with Crippen LogP contribution >= 0.6 is 7.92 Å². The maximum atomic E-state index is 12.7. The molecule has 0 fully saturated rings. The number of hydrogen-bond acceptors (Lipinski definition) is 1. The zero-order chi connectivity index (χ0) is 20.1. The highest BCUT2D eigenvalue weighted by molar-refractivity contribution is 7.84. The van der Waals surface area contributed by atoms with E-state index in [1.54, 1.807) is 0 Å². The summed E-state index contributed by atoms with van der Waals surface area (Å²) in [7, 11) is -1.81. The fourth-order valence-electron chi connectivity index (χ4n) is 3.04. The zero-order valence-corrected chi connectivity index (χ0v) is 18.6. The predicted molar refractivity (Wildman–Crippen MR) is 125 cm³/mol. The lowest BCUT2D eigenvalue weighted by Crippen LogP contribution is -2.36. The van der Waals surface area contributed by atoms with E-state index in [0.717, 1.165) is 0 Å². The van der Waals surface area contributed by atoms with Crippen LogP contribution in [0.25, 0.3) is 0 Å². The second-order valence-corrected chi connectivity index (χ2v) is 12.0. The van der Waals surface area contributed by atoms with Crippen LogP contribution in [-0.2, 0) is 11.0 Å². The Morgan fingerprint density at radius 3 is 1.75 bits per heavy atom. The lowest BCUT2D eigenvalue weighted by atomic mass is 10.1. The molecule has 146 valence electrons. The Bertz CT molecular complexity index is 883. The van der Waals surface area contributed by atoms with Crippen LogP contribution in [-0.4, -0.2) is 8.96 Å². The third-order valence-electron chi connectivity index (χ3n) is 4.51. The fourth-order valence-corrected chi connectivity index (χ4v) is 6.40. The van der Waals surface area contributed by atoms with Crippen LogP contribution in [0.1, 0.15) is 39.3 Å². The van der Waals surface area contributed by atoms with E-state index in [1.165, 1.54) is 21.5 Å². The highest BCUT2D eigenvalue weighted by atomic mass is 32.2. The Morgan fingerprint density at radius 2 is 1.25 bits per heavy atom. The van der Waals surface area contributed by atoms with Crippen LogP contribution in [0.5, 0.6) is 0 Å². The first kappa shape index (κ1) is 20.9. The van der Waals surface area contributed by atoms with Gasteiger partial charge in [0.2, 0.25) is 0 Å². The van der Waals surface area contributed by atoms with Gasteiger partial charge in [0.05, 0.1) is 15.7 Å². The number of nitrogens with one attached hydrogen (secondary N) is 1. The Labute approximate surface area is 172 Å². The van der Waals surface area contributed by atoms with Crippen molar-refractivity contribution < 1.29 is 4.21 Å². The minimum atomic E-state index is -1.12. The first-order valence-corrected chi connectivity index (χ1v) is 12.0. The van der Waals surface area contributed by atoms with Crippen molar-refractivity contribution >= 4 is 34.8 Å². The van der Waals surface area contributed by atoms with Crippen molar-refractivity contribution in [2.45, 2.75) is 38.5 Å². The zero-order valence-electron chi connectivity index (χ0n) is 16.9. The van der Waals surface area contributed by atoms with Crippen LogP contribution in [0.15, 0.2) is 84.9 Å². The molecule has 0 bridgehead atoms. The molecule has 1 unspecified atom stereocenters. The van der Waals surface area contributed by atoms with Gasteiger partial charge in [-0.2, -0.15) is 0 Å². The number of rotatable bonds is 6. The van der Waals surface area contributed by atoms with E-state index in [4.69, 9.17) is 0 Å². The first-order chi connectivity index (χ1) is 13.4. The summed E-state index contributed by atoms with van der Waals surface area (Å²) in [5, 5.41) is 3.95. The molecule has 3 aromatic rings. The molecule has 3 rings (SSSR count). The van der Waals surface area contributed by atoms with Gasteiger partial charge in [0, 0.05) is 6.04 Å². The van der Waals surface area contributed by atoms with Crippen LogP contribution in [0.4, 0.5) is 0 Å². The van der Waals surface area contributed by atoms with Gasteiger partial charge in [0.25, 0.3) is 0 Å². The average molecular weight is 410 g/mol. The Morgan fingerprint density at radius 1 is 0.786 bits per heavy atom. The molecule has 0 spiro atoms. The van der Waals surface area contributed by atoms with Crippen LogP contribution in [0, 0.1) is 0 Å². The molecule has 2 atom stereocenters. The van der Waals surface area contributed by atoms with Gasteiger partial charge in [0.15, 0.2) is 0 Å². The minimum Gasteiger partial charge on any atom is -0.242 e. The normalized spacial score (nSPS) is 14.0. The van der Waals surface area contributed by atoms with Gasteiger partial charge < -0.3 is 0 Å². The SMILES string of the molecule is C[C@H](NS(=O)C(C)(C)C)c1ccccc1P(c1ccccc1)c1ccccc1. The molecule has 28 heavy (non-hydrogen) atoms. The number of benzene rings is 3. The Kier molecular flexibility index (Phi) is 6.82. The van der Waals surface area contributed by atoms with Crippen molar-refractivity contribution in [2.75, 3.05) is 0 Å². The minimum absolute atomic E-state index is 0.00585. The molecule has 0 radical (unpaired) electrons. The molecule has 2 nitrogen and oxygen atoms in total. The summed E-state index contributed by atoms with van der Waals surface area (Å²) < 4.78 is 15.7. The van der Waals surface area contributed by atoms with Crippen molar-refractivity contribution in [3.05, 3.63) is 90.5 Å². The quantitative estimate of drug-likeness (QED) is 0.594. The van der Waals surface area contributed by atoms with Crippen molar-refractivity contribution in [1.29, 1.82) is 0 Å². The smallest absolute Gasteiger partial charge is 0.0975 e. The Hall–Kier alpha value is -1.80. The van der Waals surface area contributed by atoms with Gasteiger partial charge in [-0.05, 0) is 57.1 Å². The topological polar surface area (TPSA) is 29.1 Å². The molecule has 0 heterocycles. The van der Waals surface area contributed by atoms with E-state index in [1.807, 2.05) is 20.8 Å². The molecule has 4 heteroatoms. The van der Waals surface area contributed by atoms with E-state index in [2.05, 4.69) is 96.6 Å². The molecular weight excluding hydrogens is 381 g/mol. The highest BCUT2D eigenvalue weighted by Gasteiger charge is 2.25. The highest BCUT2D eigenvalue weighted by Crippen LogP contribution is 2.35. The van der Waals surface area contributed by atoms with E-state index in [-0.39, 0.29) is 10.8 Å². The summed E-state index contributed by atoms with van der Waals surface area (Å²) >= 11 is 0. The van der Waals surface area contributed by atoms with Crippen LogP contribution < -0.4 is 20.6 Å². The summed E-state index contributed by atoms with van der Waals surface area (Å²) in [5.41, 5.74) is 1.21. The largest absolute Gasteiger partial charge is 0.242 e. The molecule has 0 aliphatic heterocycles. The van der Waals surface area contributed by atoms with Gasteiger partial charge in [-0.15, -0.1) is 0 Å². The van der Waals surface area contributed by atoms with Crippen molar-refractivity contribution in [2.24, 2.45) is 0 Å². The predicted octanol–water partition coefficient (Wildman–Crippen LogP) is 4.56. The van der Waals surface area contributed by atoms with E-state index in [9.17, 15) is 4.21 Å². The molecular formula is C24H28NOPS. The van der Waals surface area contributed by atoms with Crippen molar-refractivity contribution in [3.63, 3.8) is 0 Å². The lowest BCUT2D eigenvalue weighted by molar-refractivity contribution is 0.617. The average Bonchev–Trinajstić information content (AvgIpc) is 2.69. The third-order valence-corrected chi connectivity index (χ3v) is 8.71. The molecule has 0 saturated carbocycles. The summed E-state index contributed by atoms with van der Waals surface area (Å²) in [6.45, 7) is 8.09. The molecule has 0 aliphatic rings. The molecule has 0 amide bonds. The molecule has 0 aliphatic carbocycles. The maximum absolute atomic E-state index is 12.7. The molecule has 1 N–H and O–H groups in total. The van der Waals surface area contributed by atoms with Gasteiger partial charge >= 0.3 is 0 Å². The van der Waals surface area contributed by atoms with Gasteiger partial charge in [-0.25, -0.2) is 8.93 Å². The van der Waals surface area contributed by atoms with Gasteiger partial charge in [-0.1, -0.05) is 84.9 Å². The summed E-state index contributed by atoms with van der Waals surface area (Å²) in [5.74, 6) is 0. The molecule has 3 aromatic carbocycles. The number of hydrogen-bond donors (Lipinski definition) is 1. The second-order valence-electron chi connectivity index (χ2n) is 7.79. The van der Waals surface area contributed by atoms with E-state index >= 15 is 0 Å². The fraction of sp³-hybridized carbons (Fsp3) is 0.250. The van der Waals surface area contributed by atoms with Crippen LogP contribution in [0.2, 0.25) is 0 Å². The van der Waals surface area contributed by atoms with Gasteiger partial charge in [-0.3, -0.25) is 0 Å². The van der Waals surface area contributed by atoms with Crippen molar-refractivity contribution in [1.82, 2.24) is 4.72 Å². The second kappa shape index (κ2) is 9.13. The van der Waals surface area contributed by atoms with E-state index in [0.29, 0.717) is 0 Å². The van der Waals surface area contributed by atoms with Crippen molar-refractivity contribution in [3.8, 4) is 0 Å². The molecule has 0 saturated heterocycles. The standard InChI is InChI=1S/C24H28NOPS/c1-19(25-28(26)24(2,3)4)22-17-11-12-18-23(22)27(20-13-7-5-8-14-20)21-15-9-6-10-16-21/h5-19,25H,1-4H3/t19-,28?/m0/s1. The summed E-state index contributed by atoms with van der Waals surface area (Å²) in [4.78, 5) is 0. The van der Waals surface area contributed by atoms with Gasteiger partial charge in [0.1, 0.15) is 0 Å².